The van der Waals surface area contributed by atoms with Crippen LogP contribution in [0.5, 0.6) is 5.75 Å². The molecule has 1 N–H and O–H groups in total. The average Bonchev–Trinajstić information content (AvgIpc) is 3.33. The molecule has 0 spiro atoms. The molecule has 1 aromatic rings. The predicted octanol–water partition coefficient (Wildman–Crippen LogP) is 1.82. The molecule has 0 aromatic heterocycles. The lowest BCUT2D eigenvalue weighted by Gasteiger charge is -2.23. The van der Waals surface area contributed by atoms with E-state index in [0.717, 1.165) is 57.8 Å². The van der Waals surface area contributed by atoms with E-state index in [4.69, 9.17) is 4.74 Å². The number of rotatable bonds is 4. The van der Waals surface area contributed by atoms with E-state index in [1.807, 2.05) is 4.90 Å². The van der Waals surface area contributed by atoms with Crippen LogP contribution in [-0.2, 0) is 12.8 Å². The standard InChI is InChI=1S/C19H25N3O2/c23-19(22-11-6-17(14-22)21-9-1-2-10-21)20-8-5-15-3-4-18-16(13-15)7-12-24-18/h1-4,13,17H,5-12,14H2,(H,20,23)/t17-/m0/s1. The number of hydrogen-bond donors (Lipinski definition) is 1. The summed E-state index contributed by atoms with van der Waals surface area (Å²) in [5.74, 6) is 1.02. The summed E-state index contributed by atoms with van der Waals surface area (Å²) >= 11 is 0. The molecular formula is C19H25N3O2. The van der Waals surface area contributed by atoms with Crippen molar-refractivity contribution in [1.82, 2.24) is 15.1 Å². The molecule has 3 aliphatic heterocycles. The molecule has 1 atom stereocenters. The highest BCUT2D eigenvalue weighted by Crippen LogP contribution is 2.26. The summed E-state index contributed by atoms with van der Waals surface area (Å²) in [4.78, 5) is 16.7. The average molecular weight is 327 g/mol. The van der Waals surface area contributed by atoms with Crippen molar-refractivity contribution in [3.63, 3.8) is 0 Å². The van der Waals surface area contributed by atoms with E-state index >= 15 is 0 Å². The fourth-order valence-electron chi connectivity index (χ4n) is 3.84. The third-order valence-corrected chi connectivity index (χ3v) is 5.26. The minimum atomic E-state index is 0.0779. The van der Waals surface area contributed by atoms with Gasteiger partial charge in [-0.2, -0.15) is 0 Å². The van der Waals surface area contributed by atoms with Crippen LogP contribution in [-0.4, -0.2) is 61.2 Å². The number of fused-ring (bicyclic) bond motifs is 1. The largest absolute Gasteiger partial charge is 0.493 e. The van der Waals surface area contributed by atoms with Gasteiger partial charge in [-0.05, 0) is 30.0 Å². The Hall–Kier alpha value is -2.01. The molecule has 5 nitrogen and oxygen atoms in total. The van der Waals surface area contributed by atoms with Crippen LogP contribution < -0.4 is 10.1 Å². The molecule has 0 radical (unpaired) electrons. The van der Waals surface area contributed by atoms with E-state index in [9.17, 15) is 4.79 Å². The van der Waals surface area contributed by atoms with Gasteiger partial charge in [0.15, 0.2) is 0 Å². The minimum Gasteiger partial charge on any atom is -0.493 e. The lowest BCUT2D eigenvalue weighted by Crippen LogP contribution is -2.42. The second kappa shape index (κ2) is 6.85. The van der Waals surface area contributed by atoms with Gasteiger partial charge in [0.25, 0.3) is 0 Å². The molecule has 1 fully saturated rings. The maximum atomic E-state index is 12.3. The van der Waals surface area contributed by atoms with E-state index in [1.54, 1.807) is 0 Å². The summed E-state index contributed by atoms with van der Waals surface area (Å²) in [5.41, 5.74) is 2.56. The van der Waals surface area contributed by atoms with Crippen LogP contribution in [0.1, 0.15) is 17.5 Å². The number of urea groups is 1. The highest BCUT2D eigenvalue weighted by Gasteiger charge is 2.30. The third-order valence-electron chi connectivity index (χ3n) is 5.26. The van der Waals surface area contributed by atoms with Crippen molar-refractivity contribution < 1.29 is 9.53 Å². The van der Waals surface area contributed by atoms with E-state index in [2.05, 4.69) is 40.6 Å². The number of likely N-dealkylation sites (tertiary alicyclic amines) is 1. The molecule has 0 aliphatic carbocycles. The van der Waals surface area contributed by atoms with Gasteiger partial charge in [-0.15, -0.1) is 0 Å². The molecule has 1 aromatic carbocycles. The molecule has 0 unspecified atom stereocenters. The predicted molar refractivity (Wildman–Crippen MR) is 93.4 cm³/mol. The van der Waals surface area contributed by atoms with Gasteiger partial charge in [-0.1, -0.05) is 24.3 Å². The first kappa shape index (κ1) is 15.5. The summed E-state index contributed by atoms with van der Waals surface area (Å²) in [6, 6.07) is 6.95. The van der Waals surface area contributed by atoms with Crippen molar-refractivity contribution in [2.75, 3.05) is 39.3 Å². The molecule has 0 bridgehead atoms. The lowest BCUT2D eigenvalue weighted by atomic mass is 10.1. The van der Waals surface area contributed by atoms with Crippen molar-refractivity contribution in [2.45, 2.75) is 25.3 Å². The van der Waals surface area contributed by atoms with Crippen molar-refractivity contribution in [3.05, 3.63) is 41.5 Å². The summed E-state index contributed by atoms with van der Waals surface area (Å²) < 4.78 is 5.53. The van der Waals surface area contributed by atoms with Gasteiger partial charge in [0.1, 0.15) is 5.75 Å². The first-order chi connectivity index (χ1) is 11.8. The van der Waals surface area contributed by atoms with Crippen LogP contribution in [0.2, 0.25) is 0 Å². The maximum Gasteiger partial charge on any atom is 0.317 e. The van der Waals surface area contributed by atoms with Crippen LogP contribution in [0, 0.1) is 0 Å². The number of carbonyl (C=O) groups is 1. The second-order valence-electron chi connectivity index (χ2n) is 6.84. The van der Waals surface area contributed by atoms with Gasteiger partial charge in [0.05, 0.1) is 6.61 Å². The summed E-state index contributed by atoms with van der Waals surface area (Å²) in [5, 5.41) is 3.07. The molecular weight excluding hydrogens is 302 g/mol. The number of hydrogen-bond acceptors (Lipinski definition) is 3. The Labute approximate surface area is 143 Å². The first-order valence-corrected chi connectivity index (χ1v) is 8.96. The normalized spacial score (nSPS) is 22.7. The Morgan fingerprint density at radius 1 is 1.29 bits per heavy atom. The number of nitrogens with one attached hydrogen (secondary N) is 1. The Morgan fingerprint density at radius 2 is 2.17 bits per heavy atom. The Kier molecular flexibility index (Phi) is 4.43. The van der Waals surface area contributed by atoms with Gasteiger partial charge >= 0.3 is 6.03 Å². The molecule has 4 rings (SSSR count). The topological polar surface area (TPSA) is 44.8 Å². The Bertz CT molecular complexity index is 635. The Morgan fingerprint density at radius 3 is 3.04 bits per heavy atom. The van der Waals surface area contributed by atoms with Crippen LogP contribution >= 0.6 is 0 Å². The monoisotopic (exact) mass is 327 g/mol. The minimum absolute atomic E-state index is 0.0779. The molecule has 24 heavy (non-hydrogen) atoms. The van der Waals surface area contributed by atoms with E-state index in [-0.39, 0.29) is 6.03 Å². The third kappa shape index (κ3) is 3.26. The molecule has 3 heterocycles. The first-order valence-electron chi connectivity index (χ1n) is 8.96. The second-order valence-corrected chi connectivity index (χ2v) is 6.84. The molecule has 128 valence electrons. The summed E-state index contributed by atoms with van der Waals surface area (Å²) in [6.45, 7) is 5.25. The maximum absolute atomic E-state index is 12.3. The SMILES string of the molecule is O=C(NCCc1ccc2c(c1)CCO2)N1CC[C@H](N2CC=CC2)C1. The molecule has 5 heteroatoms. The van der Waals surface area contributed by atoms with E-state index < -0.39 is 0 Å². The van der Waals surface area contributed by atoms with Gasteiger partial charge in [0.2, 0.25) is 0 Å². The van der Waals surface area contributed by atoms with Gasteiger partial charge in [0, 0.05) is 45.2 Å². The van der Waals surface area contributed by atoms with E-state index in [0.29, 0.717) is 12.6 Å². The van der Waals surface area contributed by atoms with Crippen molar-refractivity contribution in [1.29, 1.82) is 0 Å². The zero-order valence-electron chi connectivity index (χ0n) is 14.0. The summed E-state index contributed by atoms with van der Waals surface area (Å²) in [6.07, 6.45) is 7.37. The molecule has 1 saturated heterocycles. The van der Waals surface area contributed by atoms with Crippen LogP contribution in [0.3, 0.4) is 0 Å². The Balaban J connectivity index is 1.22. The zero-order valence-corrected chi connectivity index (χ0v) is 14.0. The highest BCUT2D eigenvalue weighted by molar-refractivity contribution is 5.74. The fourth-order valence-corrected chi connectivity index (χ4v) is 3.84. The van der Waals surface area contributed by atoms with E-state index in [1.165, 1.54) is 11.1 Å². The van der Waals surface area contributed by atoms with Crippen molar-refractivity contribution >= 4 is 6.03 Å². The number of carbonyl (C=O) groups excluding carboxylic acids is 1. The molecule has 0 saturated carbocycles. The van der Waals surface area contributed by atoms with Crippen LogP contribution in [0.15, 0.2) is 30.4 Å². The quantitative estimate of drug-likeness (QED) is 0.858. The van der Waals surface area contributed by atoms with Crippen molar-refractivity contribution in [3.8, 4) is 5.75 Å². The van der Waals surface area contributed by atoms with Crippen LogP contribution in [0.25, 0.3) is 0 Å². The highest BCUT2D eigenvalue weighted by atomic mass is 16.5. The number of amides is 2. The number of ether oxygens (including phenoxy) is 1. The molecule has 2 amide bonds. The summed E-state index contributed by atoms with van der Waals surface area (Å²) in [7, 11) is 0. The van der Waals surface area contributed by atoms with Crippen LogP contribution in [0.4, 0.5) is 4.79 Å². The number of nitrogens with zero attached hydrogens (tertiary/aromatic N) is 2. The van der Waals surface area contributed by atoms with Gasteiger partial charge in [-0.25, -0.2) is 4.79 Å². The fraction of sp³-hybridized carbons (Fsp3) is 0.526. The van der Waals surface area contributed by atoms with Gasteiger partial charge < -0.3 is 15.0 Å². The molecule has 3 aliphatic rings. The smallest absolute Gasteiger partial charge is 0.317 e. The van der Waals surface area contributed by atoms with Crippen molar-refractivity contribution in [2.24, 2.45) is 0 Å². The van der Waals surface area contributed by atoms with Gasteiger partial charge in [-0.3, -0.25) is 4.90 Å². The lowest BCUT2D eigenvalue weighted by molar-refractivity contribution is 0.200. The number of benzene rings is 1. The zero-order chi connectivity index (χ0) is 16.4.